The fourth-order valence-corrected chi connectivity index (χ4v) is 1.21. The van der Waals surface area contributed by atoms with Gasteiger partial charge in [0.15, 0.2) is 0 Å². The Hall–Kier alpha value is -0.940. The topological polar surface area (TPSA) is 54.0 Å². The second-order valence-electron chi connectivity index (χ2n) is 2.91. The Balaban J connectivity index is 2.68. The summed E-state index contributed by atoms with van der Waals surface area (Å²) in [6.07, 6.45) is 1.62. The molecule has 2 N–H and O–H groups in total. The molecule has 0 aliphatic carbocycles. The number of hydrogen-bond donors (Lipinski definition) is 2. The molecule has 0 saturated heterocycles. The van der Waals surface area contributed by atoms with Gasteiger partial charge in [0.2, 0.25) is 5.91 Å². The number of carbonyl (C=O) groups excluding carboxylic acids is 1. The molecular formula is C9H12BrN3O. The lowest BCUT2D eigenvalue weighted by molar-refractivity contribution is -0.115. The maximum atomic E-state index is 11.2. The summed E-state index contributed by atoms with van der Waals surface area (Å²) in [6, 6.07) is 1.87. The SMILES string of the molecule is CNCC(=O)Nc1cnc(Br)c(C)c1. The van der Waals surface area contributed by atoms with Gasteiger partial charge >= 0.3 is 0 Å². The third-order valence-corrected chi connectivity index (χ3v) is 2.47. The zero-order valence-electron chi connectivity index (χ0n) is 8.10. The summed E-state index contributed by atoms with van der Waals surface area (Å²) in [5.74, 6) is -0.0731. The first-order valence-electron chi connectivity index (χ1n) is 4.20. The zero-order valence-corrected chi connectivity index (χ0v) is 9.68. The minimum absolute atomic E-state index is 0.0731. The number of hydrogen-bond acceptors (Lipinski definition) is 3. The van der Waals surface area contributed by atoms with Crippen molar-refractivity contribution in [2.24, 2.45) is 0 Å². The van der Waals surface area contributed by atoms with E-state index in [0.717, 1.165) is 10.2 Å². The maximum absolute atomic E-state index is 11.2. The number of anilines is 1. The van der Waals surface area contributed by atoms with E-state index in [9.17, 15) is 4.79 Å². The molecule has 0 spiro atoms. The van der Waals surface area contributed by atoms with Crippen LogP contribution in [0.25, 0.3) is 0 Å². The molecule has 0 fully saturated rings. The molecule has 0 aromatic carbocycles. The van der Waals surface area contributed by atoms with Gasteiger partial charge < -0.3 is 10.6 Å². The van der Waals surface area contributed by atoms with Gasteiger partial charge in [-0.1, -0.05) is 0 Å². The number of carbonyl (C=O) groups is 1. The number of nitrogens with zero attached hydrogens (tertiary/aromatic N) is 1. The molecule has 1 heterocycles. The molecule has 0 unspecified atom stereocenters. The average molecular weight is 258 g/mol. The molecule has 0 aliphatic heterocycles. The van der Waals surface area contributed by atoms with Crippen molar-refractivity contribution in [3.05, 3.63) is 22.4 Å². The maximum Gasteiger partial charge on any atom is 0.238 e. The van der Waals surface area contributed by atoms with E-state index in [4.69, 9.17) is 0 Å². The largest absolute Gasteiger partial charge is 0.324 e. The van der Waals surface area contributed by atoms with E-state index in [0.29, 0.717) is 12.2 Å². The van der Waals surface area contributed by atoms with E-state index in [1.807, 2.05) is 13.0 Å². The van der Waals surface area contributed by atoms with Crippen LogP contribution < -0.4 is 10.6 Å². The summed E-state index contributed by atoms with van der Waals surface area (Å²) in [5.41, 5.74) is 1.71. The van der Waals surface area contributed by atoms with Crippen LogP contribution >= 0.6 is 15.9 Å². The van der Waals surface area contributed by atoms with Crippen LogP contribution in [0.15, 0.2) is 16.9 Å². The van der Waals surface area contributed by atoms with Crippen LogP contribution in [-0.2, 0) is 4.79 Å². The summed E-state index contributed by atoms with van der Waals surface area (Å²) in [6.45, 7) is 2.22. The van der Waals surface area contributed by atoms with Gasteiger partial charge in [-0.25, -0.2) is 4.98 Å². The molecule has 1 amide bonds. The Morgan fingerprint density at radius 2 is 2.36 bits per heavy atom. The van der Waals surface area contributed by atoms with Gasteiger partial charge in [-0.2, -0.15) is 0 Å². The average Bonchev–Trinajstić information content (AvgIpc) is 2.12. The number of aromatic nitrogens is 1. The molecule has 0 aliphatic rings. The van der Waals surface area contributed by atoms with Gasteiger partial charge in [0.1, 0.15) is 4.60 Å². The van der Waals surface area contributed by atoms with Crippen LogP contribution in [0.5, 0.6) is 0 Å². The van der Waals surface area contributed by atoms with Gasteiger partial charge in [-0.15, -0.1) is 0 Å². The monoisotopic (exact) mass is 257 g/mol. The van der Waals surface area contributed by atoms with Crippen molar-refractivity contribution in [3.63, 3.8) is 0 Å². The highest BCUT2D eigenvalue weighted by Crippen LogP contribution is 2.16. The number of halogens is 1. The van der Waals surface area contributed by atoms with Crippen molar-refractivity contribution in [2.75, 3.05) is 18.9 Å². The van der Waals surface area contributed by atoms with E-state index < -0.39 is 0 Å². The summed E-state index contributed by atoms with van der Waals surface area (Å²) >= 11 is 3.29. The predicted molar refractivity (Wildman–Crippen MR) is 59.2 cm³/mol. The molecule has 0 radical (unpaired) electrons. The summed E-state index contributed by atoms with van der Waals surface area (Å²) in [4.78, 5) is 15.3. The van der Waals surface area contributed by atoms with E-state index in [-0.39, 0.29) is 5.91 Å². The Kier molecular flexibility index (Phi) is 4.03. The summed E-state index contributed by atoms with van der Waals surface area (Å²) in [5, 5.41) is 5.50. The van der Waals surface area contributed by atoms with Crippen molar-refractivity contribution >= 4 is 27.5 Å². The fraction of sp³-hybridized carbons (Fsp3) is 0.333. The van der Waals surface area contributed by atoms with Crippen molar-refractivity contribution in [2.45, 2.75) is 6.92 Å². The van der Waals surface area contributed by atoms with Crippen LogP contribution in [0.1, 0.15) is 5.56 Å². The molecule has 1 aromatic heterocycles. The lowest BCUT2D eigenvalue weighted by Crippen LogP contribution is -2.25. The van der Waals surface area contributed by atoms with E-state index in [1.165, 1.54) is 0 Å². The van der Waals surface area contributed by atoms with Crippen LogP contribution in [-0.4, -0.2) is 24.5 Å². The lowest BCUT2D eigenvalue weighted by Gasteiger charge is -2.05. The normalized spacial score (nSPS) is 9.93. The molecule has 0 atom stereocenters. The molecule has 0 saturated carbocycles. The number of rotatable bonds is 3. The highest BCUT2D eigenvalue weighted by molar-refractivity contribution is 9.10. The number of likely N-dealkylation sites (N-methyl/N-ethyl adjacent to an activating group) is 1. The standard InChI is InChI=1S/C9H12BrN3O/c1-6-3-7(4-12-9(6)10)13-8(14)5-11-2/h3-4,11H,5H2,1-2H3,(H,13,14). The summed E-state index contributed by atoms with van der Waals surface area (Å²) in [7, 11) is 1.73. The Morgan fingerprint density at radius 1 is 1.64 bits per heavy atom. The van der Waals surface area contributed by atoms with E-state index in [2.05, 4.69) is 31.5 Å². The number of nitrogens with one attached hydrogen (secondary N) is 2. The van der Waals surface area contributed by atoms with Crippen molar-refractivity contribution in [3.8, 4) is 0 Å². The van der Waals surface area contributed by atoms with Gasteiger partial charge in [0, 0.05) is 0 Å². The highest BCUT2D eigenvalue weighted by atomic mass is 79.9. The molecule has 76 valence electrons. The van der Waals surface area contributed by atoms with Crippen LogP contribution in [0, 0.1) is 6.92 Å². The third-order valence-electron chi connectivity index (χ3n) is 1.64. The number of aryl methyl sites for hydroxylation is 1. The van der Waals surface area contributed by atoms with Crippen LogP contribution in [0.2, 0.25) is 0 Å². The Bertz CT molecular complexity index is 341. The van der Waals surface area contributed by atoms with Gasteiger partial charge in [0.05, 0.1) is 18.4 Å². The van der Waals surface area contributed by atoms with Crippen LogP contribution in [0.4, 0.5) is 5.69 Å². The number of pyridine rings is 1. The van der Waals surface area contributed by atoms with Crippen molar-refractivity contribution < 1.29 is 4.79 Å². The predicted octanol–water partition coefficient (Wildman–Crippen LogP) is 1.31. The fourth-order valence-electron chi connectivity index (χ4n) is 0.992. The van der Waals surface area contributed by atoms with Gasteiger partial charge in [-0.3, -0.25) is 4.79 Å². The minimum atomic E-state index is -0.0731. The third kappa shape index (κ3) is 3.08. The smallest absolute Gasteiger partial charge is 0.238 e. The minimum Gasteiger partial charge on any atom is -0.324 e. The second kappa shape index (κ2) is 5.07. The molecule has 1 aromatic rings. The van der Waals surface area contributed by atoms with E-state index in [1.54, 1.807) is 13.2 Å². The molecule has 5 heteroatoms. The molecule has 14 heavy (non-hydrogen) atoms. The Morgan fingerprint density at radius 3 is 2.93 bits per heavy atom. The van der Waals surface area contributed by atoms with Gasteiger partial charge in [0.25, 0.3) is 0 Å². The quantitative estimate of drug-likeness (QED) is 0.804. The molecule has 0 bridgehead atoms. The first-order chi connectivity index (χ1) is 6.63. The lowest BCUT2D eigenvalue weighted by atomic mass is 10.3. The summed E-state index contributed by atoms with van der Waals surface area (Å²) < 4.78 is 0.795. The van der Waals surface area contributed by atoms with Crippen molar-refractivity contribution in [1.82, 2.24) is 10.3 Å². The zero-order chi connectivity index (χ0) is 10.6. The van der Waals surface area contributed by atoms with Crippen molar-refractivity contribution in [1.29, 1.82) is 0 Å². The molecular weight excluding hydrogens is 246 g/mol. The highest BCUT2D eigenvalue weighted by Gasteiger charge is 2.02. The second-order valence-corrected chi connectivity index (χ2v) is 3.66. The molecule has 4 nitrogen and oxygen atoms in total. The first kappa shape index (κ1) is 11.1. The van der Waals surface area contributed by atoms with Gasteiger partial charge in [-0.05, 0) is 41.5 Å². The first-order valence-corrected chi connectivity index (χ1v) is 4.99. The van der Waals surface area contributed by atoms with E-state index >= 15 is 0 Å². The van der Waals surface area contributed by atoms with Crippen LogP contribution in [0.3, 0.4) is 0 Å². The Labute approximate surface area is 91.2 Å². The molecule has 1 rings (SSSR count). The number of amides is 1.